The monoisotopic (exact) mass is 335 g/mol. The van der Waals surface area contributed by atoms with Crippen molar-refractivity contribution in [2.24, 2.45) is 5.73 Å². The molecule has 0 bridgehead atoms. The van der Waals surface area contributed by atoms with Gasteiger partial charge in [-0.05, 0) is 42.0 Å². The van der Waals surface area contributed by atoms with Crippen molar-refractivity contribution in [1.29, 1.82) is 0 Å². The van der Waals surface area contributed by atoms with Crippen LogP contribution in [0.15, 0.2) is 36.4 Å². The van der Waals surface area contributed by atoms with E-state index in [2.05, 4.69) is 0 Å². The molecule has 0 radical (unpaired) electrons. The number of nitrogens with two attached hydrogens (primary N) is 1. The Kier molecular flexibility index (Phi) is 4.66. The van der Waals surface area contributed by atoms with E-state index in [4.69, 9.17) is 33.7 Å². The maximum atomic E-state index is 12.8. The summed E-state index contributed by atoms with van der Waals surface area (Å²) in [6.07, 6.45) is -4.45. The molecule has 0 saturated carbocycles. The van der Waals surface area contributed by atoms with Gasteiger partial charge in [-0.3, -0.25) is 0 Å². The minimum atomic E-state index is -4.45. The Morgan fingerprint density at radius 1 is 1.05 bits per heavy atom. The van der Waals surface area contributed by atoms with Crippen LogP contribution in [0.3, 0.4) is 0 Å². The van der Waals surface area contributed by atoms with Crippen molar-refractivity contribution in [3.05, 3.63) is 57.6 Å². The molecule has 0 aliphatic carbocycles. The lowest BCUT2D eigenvalue weighted by molar-refractivity contribution is -0.138. The molecule has 0 saturated heterocycles. The van der Waals surface area contributed by atoms with Crippen molar-refractivity contribution >= 4 is 23.2 Å². The van der Waals surface area contributed by atoms with Gasteiger partial charge in [0.25, 0.3) is 0 Å². The molecule has 21 heavy (non-hydrogen) atoms. The number of alkyl halides is 3. The van der Waals surface area contributed by atoms with Gasteiger partial charge in [0.2, 0.25) is 0 Å². The molecule has 0 fully saturated rings. The summed E-state index contributed by atoms with van der Waals surface area (Å²) in [6.45, 7) is -0.250. The second-order valence-corrected chi connectivity index (χ2v) is 5.04. The minimum Gasteiger partial charge on any atom is -0.456 e. The summed E-state index contributed by atoms with van der Waals surface area (Å²) in [4.78, 5) is 0. The summed E-state index contributed by atoms with van der Waals surface area (Å²) in [7, 11) is 0. The molecular weight excluding hydrogens is 326 g/mol. The van der Waals surface area contributed by atoms with E-state index in [0.29, 0.717) is 10.8 Å². The van der Waals surface area contributed by atoms with Crippen molar-refractivity contribution in [2.75, 3.05) is 0 Å². The lowest BCUT2D eigenvalue weighted by Gasteiger charge is -2.14. The first-order chi connectivity index (χ1) is 9.81. The third-order valence-electron chi connectivity index (χ3n) is 2.72. The minimum absolute atomic E-state index is 0.0508. The van der Waals surface area contributed by atoms with Gasteiger partial charge in [0, 0.05) is 11.6 Å². The standard InChI is InChI=1S/C14H10Cl2F3NO/c15-9-1-4-13(12(16)6-9)21-10-2-3-11(14(17,18)19)8(5-10)7-20/h1-6H,7,20H2. The molecular formula is C14H10Cl2F3NO. The first-order valence-electron chi connectivity index (χ1n) is 5.84. The molecule has 2 aromatic rings. The summed E-state index contributed by atoms with van der Waals surface area (Å²) >= 11 is 11.7. The van der Waals surface area contributed by atoms with E-state index in [9.17, 15) is 13.2 Å². The largest absolute Gasteiger partial charge is 0.456 e. The molecule has 112 valence electrons. The number of hydrogen-bond acceptors (Lipinski definition) is 2. The Bertz CT molecular complexity index is 659. The predicted octanol–water partition coefficient (Wildman–Crippen LogP) is 5.26. The second kappa shape index (κ2) is 6.13. The molecule has 0 aliphatic rings. The maximum Gasteiger partial charge on any atom is 0.416 e. The van der Waals surface area contributed by atoms with Gasteiger partial charge >= 0.3 is 6.18 Å². The van der Waals surface area contributed by atoms with Crippen molar-refractivity contribution in [2.45, 2.75) is 12.7 Å². The normalized spacial score (nSPS) is 11.5. The highest BCUT2D eigenvalue weighted by atomic mass is 35.5. The number of hydrogen-bond donors (Lipinski definition) is 1. The van der Waals surface area contributed by atoms with Gasteiger partial charge in [-0.1, -0.05) is 23.2 Å². The van der Waals surface area contributed by atoms with Crippen LogP contribution in [0.5, 0.6) is 11.5 Å². The zero-order chi connectivity index (χ0) is 15.6. The molecule has 0 aromatic heterocycles. The van der Waals surface area contributed by atoms with Crippen LogP contribution >= 0.6 is 23.2 Å². The Hall–Kier alpha value is -1.43. The van der Waals surface area contributed by atoms with Gasteiger partial charge in [0.05, 0.1) is 10.6 Å². The van der Waals surface area contributed by atoms with E-state index in [-0.39, 0.29) is 22.9 Å². The highest BCUT2D eigenvalue weighted by Crippen LogP contribution is 2.36. The average molecular weight is 336 g/mol. The van der Waals surface area contributed by atoms with Gasteiger partial charge in [-0.25, -0.2) is 0 Å². The number of halogens is 5. The lowest BCUT2D eigenvalue weighted by Crippen LogP contribution is -2.11. The fraction of sp³-hybridized carbons (Fsp3) is 0.143. The summed E-state index contributed by atoms with van der Waals surface area (Å²) in [5, 5.41) is 0.694. The molecule has 0 atom stereocenters. The van der Waals surface area contributed by atoms with Crippen LogP contribution in [-0.2, 0) is 12.7 Å². The van der Waals surface area contributed by atoms with Crippen molar-refractivity contribution in [1.82, 2.24) is 0 Å². The Balaban J connectivity index is 2.33. The van der Waals surface area contributed by atoms with Crippen LogP contribution in [0.2, 0.25) is 10.0 Å². The van der Waals surface area contributed by atoms with Crippen LogP contribution in [0.4, 0.5) is 13.2 Å². The van der Waals surface area contributed by atoms with Gasteiger partial charge < -0.3 is 10.5 Å². The Morgan fingerprint density at radius 3 is 2.33 bits per heavy atom. The Morgan fingerprint density at radius 2 is 1.76 bits per heavy atom. The highest BCUT2D eigenvalue weighted by molar-refractivity contribution is 6.35. The third-order valence-corrected chi connectivity index (χ3v) is 3.25. The first kappa shape index (κ1) is 15.9. The number of rotatable bonds is 3. The smallest absolute Gasteiger partial charge is 0.416 e. The third kappa shape index (κ3) is 3.81. The summed E-state index contributed by atoms with van der Waals surface area (Å²) in [5.74, 6) is 0.511. The summed E-state index contributed by atoms with van der Waals surface area (Å²) < 4.78 is 43.8. The Labute approximate surface area is 129 Å². The molecule has 0 spiro atoms. The van der Waals surface area contributed by atoms with Crippen molar-refractivity contribution in [3.63, 3.8) is 0 Å². The molecule has 2 N–H and O–H groups in total. The quantitative estimate of drug-likeness (QED) is 0.829. The number of benzene rings is 2. The predicted molar refractivity (Wildman–Crippen MR) is 75.9 cm³/mol. The molecule has 2 nitrogen and oxygen atoms in total. The van der Waals surface area contributed by atoms with Crippen LogP contribution in [0.1, 0.15) is 11.1 Å². The second-order valence-electron chi connectivity index (χ2n) is 4.20. The molecule has 2 aromatic carbocycles. The van der Waals surface area contributed by atoms with E-state index in [0.717, 1.165) is 6.07 Å². The average Bonchev–Trinajstić information content (AvgIpc) is 2.40. The molecule has 7 heteroatoms. The van der Waals surface area contributed by atoms with Gasteiger partial charge in [0.15, 0.2) is 0 Å². The number of ether oxygens (including phenoxy) is 1. The fourth-order valence-corrected chi connectivity index (χ4v) is 2.21. The van der Waals surface area contributed by atoms with Crippen LogP contribution in [0, 0.1) is 0 Å². The fourth-order valence-electron chi connectivity index (χ4n) is 1.76. The van der Waals surface area contributed by atoms with E-state index >= 15 is 0 Å². The first-order valence-corrected chi connectivity index (χ1v) is 6.60. The van der Waals surface area contributed by atoms with Crippen molar-refractivity contribution in [3.8, 4) is 11.5 Å². The molecule has 0 heterocycles. The molecule has 0 unspecified atom stereocenters. The van der Waals surface area contributed by atoms with Crippen LogP contribution < -0.4 is 10.5 Å². The molecule has 0 aliphatic heterocycles. The maximum absolute atomic E-state index is 12.8. The molecule has 0 amide bonds. The summed E-state index contributed by atoms with van der Waals surface area (Å²) in [5.41, 5.74) is 4.53. The van der Waals surface area contributed by atoms with Gasteiger partial charge in [0.1, 0.15) is 11.5 Å². The van der Waals surface area contributed by atoms with Gasteiger partial charge in [-0.2, -0.15) is 13.2 Å². The lowest BCUT2D eigenvalue weighted by atomic mass is 10.1. The highest BCUT2D eigenvalue weighted by Gasteiger charge is 2.33. The van der Waals surface area contributed by atoms with E-state index in [1.54, 1.807) is 6.07 Å². The van der Waals surface area contributed by atoms with Crippen molar-refractivity contribution < 1.29 is 17.9 Å². The van der Waals surface area contributed by atoms with Gasteiger partial charge in [-0.15, -0.1) is 0 Å². The summed E-state index contributed by atoms with van der Waals surface area (Å²) in [6, 6.07) is 7.97. The van der Waals surface area contributed by atoms with E-state index in [1.807, 2.05) is 0 Å². The molecule has 2 rings (SSSR count). The van der Waals surface area contributed by atoms with E-state index in [1.165, 1.54) is 24.3 Å². The topological polar surface area (TPSA) is 35.2 Å². The van der Waals surface area contributed by atoms with E-state index < -0.39 is 11.7 Å². The zero-order valence-electron chi connectivity index (χ0n) is 10.5. The van der Waals surface area contributed by atoms with Crippen LogP contribution in [0.25, 0.3) is 0 Å². The SMILES string of the molecule is NCc1cc(Oc2ccc(Cl)cc2Cl)ccc1C(F)(F)F. The zero-order valence-corrected chi connectivity index (χ0v) is 12.1. The van der Waals surface area contributed by atoms with Crippen LogP contribution in [-0.4, -0.2) is 0 Å².